The summed E-state index contributed by atoms with van der Waals surface area (Å²) in [5.41, 5.74) is 5.19. The van der Waals surface area contributed by atoms with Gasteiger partial charge < -0.3 is 5.73 Å². The number of aryl methyl sites for hydroxylation is 1. The lowest BCUT2D eigenvalue weighted by Gasteiger charge is -2.03. The van der Waals surface area contributed by atoms with E-state index >= 15 is 0 Å². The van der Waals surface area contributed by atoms with E-state index in [0.717, 1.165) is 22.0 Å². The number of aromatic nitrogens is 2. The van der Waals surface area contributed by atoms with Gasteiger partial charge in [0.15, 0.2) is 5.69 Å². The lowest BCUT2D eigenvalue weighted by atomic mass is 10.3. The zero-order valence-corrected chi connectivity index (χ0v) is 11.0. The fourth-order valence-electron chi connectivity index (χ4n) is 1.48. The molecule has 3 nitrogen and oxygen atoms in total. The molecular formula is C10H10F3N3S2. The first-order chi connectivity index (χ1) is 8.40. The number of nitrogens with two attached hydrogens (primary N) is 1. The van der Waals surface area contributed by atoms with Gasteiger partial charge in [0.05, 0.1) is 20.6 Å². The maximum atomic E-state index is 12.7. The molecule has 2 N–H and O–H groups in total. The fraction of sp³-hybridized carbons (Fsp3) is 0.400. The lowest BCUT2D eigenvalue weighted by Crippen LogP contribution is -2.10. The molecule has 0 spiro atoms. The van der Waals surface area contributed by atoms with E-state index in [4.69, 9.17) is 5.73 Å². The van der Waals surface area contributed by atoms with Crippen LogP contribution in [0.5, 0.6) is 0 Å². The number of halogens is 3. The van der Waals surface area contributed by atoms with Crippen LogP contribution in [0.4, 0.5) is 13.2 Å². The minimum atomic E-state index is -4.44. The molecule has 8 heteroatoms. The van der Waals surface area contributed by atoms with E-state index in [0.29, 0.717) is 11.4 Å². The van der Waals surface area contributed by atoms with Gasteiger partial charge in [-0.3, -0.25) is 0 Å². The number of alkyl halides is 3. The molecule has 0 aliphatic heterocycles. The Morgan fingerprint density at radius 2 is 2.06 bits per heavy atom. The van der Waals surface area contributed by atoms with Crippen LogP contribution in [0.25, 0.3) is 0 Å². The van der Waals surface area contributed by atoms with Crippen LogP contribution in [0, 0.1) is 6.92 Å². The Morgan fingerprint density at radius 3 is 2.50 bits per heavy atom. The Kier molecular flexibility index (Phi) is 3.69. The van der Waals surface area contributed by atoms with Crippen LogP contribution in [-0.2, 0) is 19.1 Å². The van der Waals surface area contributed by atoms with E-state index in [1.165, 1.54) is 11.3 Å². The molecule has 0 atom stereocenters. The van der Waals surface area contributed by atoms with Crippen molar-refractivity contribution in [1.29, 1.82) is 0 Å². The Morgan fingerprint density at radius 1 is 1.33 bits per heavy atom. The molecule has 0 bridgehead atoms. The van der Waals surface area contributed by atoms with Crippen molar-refractivity contribution in [2.45, 2.75) is 26.1 Å². The first kappa shape index (κ1) is 13.4. The number of rotatable bonds is 3. The van der Waals surface area contributed by atoms with Crippen molar-refractivity contribution in [2.75, 3.05) is 0 Å². The molecule has 0 amide bonds. The van der Waals surface area contributed by atoms with Crippen LogP contribution in [0.15, 0.2) is 5.38 Å². The Balaban J connectivity index is 2.27. The minimum absolute atomic E-state index is 0.0736. The Labute approximate surface area is 110 Å². The largest absolute Gasteiger partial charge is 0.434 e. The predicted molar refractivity (Wildman–Crippen MR) is 64.7 cm³/mol. The lowest BCUT2D eigenvalue weighted by molar-refractivity contribution is -0.141. The minimum Gasteiger partial charge on any atom is -0.326 e. The van der Waals surface area contributed by atoms with Gasteiger partial charge in [-0.15, -0.1) is 22.7 Å². The summed E-state index contributed by atoms with van der Waals surface area (Å²) in [6.07, 6.45) is -4.13. The summed E-state index contributed by atoms with van der Waals surface area (Å²) in [4.78, 5) is 7.91. The second-order valence-corrected chi connectivity index (χ2v) is 5.85. The van der Waals surface area contributed by atoms with Crippen molar-refractivity contribution in [2.24, 2.45) is 5.73 Å². The highest BCUT2D eigenvalue weighted by Gasteiger charge is 2.36. The maximum absolute atomic E-state index is 12.7. The summed E-state index contributed by atoms with van der Waals surface area (Å²) in [5.74, 6) is 0. The summed E-state index contributed by atoms with van der Waals surface area (Å²) >= 11 is 2.46. The molecular weight excluding hydrogens is 283 g/mol. The molecule has 18 heavy (non-hydrogen) atoms. The van der Waals surface area contributed by atoms with Crippen molar-refractivity contribution < 1.29 is 13.2 Å². The normalized spacial score (nSPS) is 12.1. The second kappa shape index (κ2) is 4.94. The highest BCUT2D eigenvalue weighted by molar-refractivity contribution is 7.11. The molecule has 2 aromatic heterocycles. The van der Waals surface area contributed by atoms with Crippen molar-refractivity contribution in [3.63, 3.8) is 0 Å². The SMILES string of the molecule is Cc1nc(Cc2nc(C(F)(F)F)c(CN)s2)cs1. The zero-order valence-electron chi connectivity index (χ0n) is 9.41. The molecule has 0 aliphatic carbocycles. The van der Waals surface area contributed by atoms with Crippen LogP contribution >= 0.6 is 22.7 Å². The van der Waals surface area contributed by atoms with E-state index in [2.05, 4.69) is 9.97 Å². The number of hydrogen-bond acceptors (Lipinski definition) is 5. The summed E-state index contributed by atoms with van der Waals surface area (Å²) in [6, 6.07) is 0. The van der Waals surface area contributed by atoms with Gasteiger partial charge in [-0.2, -0.15) is 13.2 Å². The third kappa shape index (κ3) is 2.88. The van der Waals surface area contributed by atoms with Gasteiger partial charge in [0.25, 0.3) is 0 Å². The first-order valence-corrected chi connectivity index (χ1v) is 6.76. The van der Waals surface area contributed by atoms with Gasteiger partial charge >= 0.3 is 6.18 Å². The molecule has 2 rings (SSSR count). The van der Waals surface area contributed by atoms with Gasteiger partial charge in [-0.25, -0.2) is 9.97 Å². The van der Waals surface area contributed by atoms with Crippen molar-refractivity contribution in [1.82, 2.24) is 9.97 Å². The maximum Gasteiger partial charge on any atom is 0.434 e. The quantitative estimate of drug-likeness (QED) is 0.946. The third-order valence-electron chi connectivity index (χ3n) is 2.19. The first-order valence-electron chi connectivity index (χ1n) is 5.07. The number of thiazole rings is 2. The molecule has 0 saturated carbocycles. The monoisotopic (exact) mass is 293 g/mol. The van der Waals surface area contributed by atoms with Gasteiger partial charge in [-0.1, -0.05) is 0 Å². The second-order valence-electron chi connectivity index (χ2n) is 3.62. The number of nitrogens with zero attached hydrogens (tertiary/aromatic N) is 2. The molecule has 98 valence electrons. The average Bonchev–Trinajstić information content (AvgIpc) is 2.84. The summed E-state index contributed by atoms with van der Waals surface area (Å²) in [7, 11) is 0. The van der Waals surface area contributed by atoms with Crippen LogP contribution in [0.2, 0.25) is 0 Å². The third-order valence-corrected chi connectivity index (χ3v) is 4.09. The highest BCUT2D eigenvalue weighted by atomic mass is 32.1. The van der Waals surface area contributed by atoms with Crippen LogP contribution in [0.1, 0.15) is 26.3 Å². The van der Waals surface area contributed by atoms with E-state index in [-0.39, 0.29) is 11.4 Å². The van der Waals surface area contributed by atoms with Gasteiger partial charge in [0.1, 0.15) is 0 Å². The highest BCUT2D eigenvalue weighted by Crippen LogP contribution is 2.34. The molecule has 0 unspecified atom stereocenters. The summed E-state index contributed by atoms with van der Waals surface area (Å²) < 4.78 is 38.0. The Bertz CT molecular complexity index is 545. The van der Waals surface area contributed by atoms with Gasteiger partial charge in [-0.05, 0) is 6.92 Å². The molecule has 0 fully saturated rings. The Hall–Kier alpha value is -0.990. The van der Waals surface area contributed by atoms with Crippen molar-refractivity contribution >= 4 is 22.7 Å². The van der Waals surface area contributed by atoms with Crippen LogP contribution < -0.4 is 5.73 Å². The standard InChI is InChI=1S/C10H10F3N3S2/c1-5-15-6(4-17-5)2-8-16-9(10(11,12)13)7(3-14)18-8/h4H,2-3,14H2,1H3. The van der Waals surface area contributed by atoms with Crippen LogP contribution in [0.3, 0.4) is 0 Å². The molecule has 2 heterocycles. The van der Waals surface area contributed by atoms with Crippen molar-refractivity contribution in [3.8, 4) is 0 Å². The van der Waals surface area contributed by atoms with Crippen LogP contribution in [-0.4, -0.2) is 9.97 Å². The topological polar surface area (TPSA) is 51.8 Å². The van der Waals surface area contributed by atoms with E-state index in [1.54, 1.807) is 0 Å². The van der Waals surface area contributed by atoms with E-state index < -0.39 is 11.9 Å². The van der Waals surface area contributed by atoms with Crippen molar-refractivity contribution in [3.05, 3.63) is 31.7 Å². The molecule has 0 aromatic carbocycles. The van der Waals surface area contributed by atoms with E-state index in [1.807, 2.05) is 12.3 Å². The molecule has 0 radical (unpaired) electrons. The molecule has 0 aliphatic rings. The average molecular weight is 293 g/mol. The van der Waals surface area contributed by atoms with E-state index in [9.17, 15) is 13.2 Å². The zero-order chi connectivity index (χ0) is 13.3. The van der Waals surface area contributed by atoms with Gasteiger partial charge in [0, 0.05) is 18.3 Å². The summed E-state index contributed by atoms with van der Waals surface area (Å²) in [6.45, 7) is 1.70. The summed E-state index contributed by atoms with van der Waals surface area (Å²) in [5, 5.41) is 3.11. The number of hydrogen-bond donors (Lipinski definition) is 1. The smallest absolute Gasteiger partial charge is 0.326 e. The molecule has 2 aromatic rings. The fourth-order valence-corrected chi connectivity index (χ4v) is 3.08. The predicted octanol–water partition coefficient (Wildman–Crippen LogP) is 2.98. The van der Waals surface area contributed by atoms with Gasteiger partial charge in [0.2, 0.25) is 0 Å². The molecule has 0 saturated heterocycles.